The van der Waals surface area contributed by atoms with Gasteiger partial charge in [-0.3, -0.25) is 4.98 Å². The maximum absolute atomic E-state index is 12.8. The highest BCUT2D eigenvalue weighted by Gasteiger charge is 2.52. The topological polar surface area (TPSA) is 106 Å². The van der Waals surface area contributed by atoms with Gasteiger partial charge in [-0.15, -0.1) is 0 Å². The number of aryl methyl sites for hydroxylation is 2. The Bertz CT molecular complexity index is 1130. The monoisotopic (exact) mass is 516 g/mol. The van der Waals surface area contributed by atoms with Gasteiger partial charge in [-0.1, -0.05) is 23.8 Å². The van der Waals surface area contributed by atoms with E-state index in [0.717, 1.165) is 23.4 Å². The molecule has 0 bridgehead atoms. The fourth-order valence-electron chi connectivity index (χ4n) is 3.85. The Morgan fingerprint density at radius 3 is 2.40 bits per heavy atom. The molecule has 12 heteroatoms. The van der Waals surface area contributed by atoms with Crippen LogP contribution < -0.4 is 0 Å². The molecule has 4 rings (SSSR count). The van der Waals surface area contributed by atoms with Gasteiger partial charge >= 0.3 is 12.1 Å². The summed E-state index contributed by atoms with van der Waals surface area (Å²) in [5.74, 6) is -2.76. The first kappa shape index (κ1) is 27.1. The zero-order chi connectivity index (χ0) is 25.9. The summed E-state index contributed by atoms with van der Waals surface area (Å²) in [7, 11) is -3.47. The van der Waals surface area contributed by atoms with Gasteiger partial charge in [0, 0.05) is 31.8 Å². The van der Waals surface area contributed by atoms with Gasteiger partial charge in [-0.05, 0) is 44.5 Å². The molecule has 2 saturated heterocycles. The fraction of sp³-hybridized carbons (Fsp3) is 0.478. The van der Waals surface area contributed by atoms with E-state index in [1.165, 1.54) is 4.31 Å². The number of pyridine rings is 1. The number of halogens is 3. The molecule has 0 amide bonds. The molecule has 0 aliphatic carbocycles. The molecule has 1 aromatic carbocycles. The van der Waals surface area contributed by atoms with Crippen molar-refractivity contribution in [2.75, 3.05) is 19.7 Å². The number of aliphatic carboxylic acids is 1. The van der Waals surface area contributed by atoms with Crippen molar-refractivity contribution < 1.29 is 41.0 Å². The Morgan fingerprint density at radius 1 is 1.20 bits per heavy atom. The lowest BCUT2D eigenvalue weighted by Gasteiger charge is -2.52. The van der Waals surface area contributed by atoms with Crippen LogP contribution in [0.15, 0.2) is 47.4 Å². The smallest absolute Gasteiger partial charge is 0.475 e. The summed E-state index contributed by atoms with van der Waals surface area (Å²) in [5, 5.41) is 7.12. The minimum atomic E-state index is -5.08. The Balaban J connectivity index is 0.000000429. The van der Waals surface area contributed by atoms with E-state index in [2.05, 4.69) is 4.98 Å². The van der Waals surface area contributed by atoms with E-state index in [1.54, 1.807) is 12.1 Å². The first-order valence-corrected chi connectivity index (χ1v) is 12.3. The summed E-state index contributed by atoms with van der Waals surface area (Å²) in [6, 6.07) is 12.9. The minimum absolute atomic E-state index is 0.0558. The van der Waals surface area contributed by atoms with Gasteiger partial charge in [-0.25, -0.2) is 13.2 Å². The van der Waals surface area contributed by atoms with E-state index in [-0.39, 0.29) is 6.10 Å². The average molecular weight is 517 g/mol. The normalized spacial score (nSPS) is 20.0. The molecule has 1 aromatic heterocycles. The van der Waals surface area contributed by atoms with Crippen molar-refractivity contribution in [2.45, 2.75) is 56.1 Å². The number of nitrogens with zero attached hydrogens (tertiary/aromatic N) is 2. The second kappa shape index (κ2) is 10.6. The third-order valence-corrected chi connectivity index (χ3v) is 7.50. The van der Waals surface area contributed by atoms with Gasteiger partial charge in [0.15, 0.2) is 0 Å². The van der Waals surface area contributed by atoms with Gasteiger partial charge in [0.2, 0.25) is 10.0 Å². The molecule has 0 radical (unpaired) electrons. The van der Waals surface area contributed by atoms with Crippen LogP contribution in [0.1, 0.15) is 29.8 Å². The van der Waals surface area contributed by atoms with Gasteiger partial charge in [0.25, 0.3) is 0 Å². The summed E-state index contributed by atoms with van der Waals surface area (Å²) in [6.45, 7) is 5.72. The van der Waals surface area contributed by atoms with E-state index in [1.807, 2.05) is 44.2 Å². The van der Waals surface area contributed by atoms with E-state index in [0.29, 0.717) is 37.6 Å². The standard InChI is InChI=1S/C21H26N2O4S.C2HF3O2/c1-16-6-8-20(9-7-16)28(24,25)23-14-21(15-23)12-19(10-11-27-21)26-13-18-5-3-4-17(2)22-18;3-2(4,5)1(6)7/h3-9,19H,10-15H2,1-2H3;(H,6,7). The van der Waals surface area contributed by atoms with Gasteiger partial charge in [0.1, 0.15) is 0 Å². The predicted molar refractivity (Wildman–Crippen MR) is 119 cm³/mol. The number of benzene rings is 1. The number of hydrogen-bond donors (Lipinski definition) is 1. The van der Waals surface area contributed by atoms with Crippen LogP contribution in [0.5, 0.6) is 0 Å². The van der Waals surface area contributed by atoms with Crippen LogP contribution in [-0.4, -0.2) is 66.4 Å². The van der Waals surface area contributed by atoms with E-state index < -0.39 is 27.8 Å². The zero-order valence-corrected chi connectivity index (χ0v) is 20.1. The molecule has 2 aliphatic rings. The SMILES string of the molecule is Cc1ccc(S(=O)(=O)N2CC3(CC(OCc4cccc(C)n4)CCO3)C2)cc1.O=C(O)C(F)(F)F. The summed E-state index contributed by atoms with van der Waals surface area (Å²) in [6.07, 6.45) is -3.50. The molecule has 0 saturated carbocycles. The molecular weight excluding hydrogens is 489 g/mol. The maximum atomic E-state index is 12.8. The second-order valence-electron chi connectivity index (χ2n) is 8.62. The number of rotatable bonds is 5. The number of carbonyl (C=O) groups is 1. The molecule has 1 spiro atoms. The number of alkyl halides is 3. The van der Waals surface area contributed by atoms with Crippen molar-refractivity contribution in [3.63, 3.8) is 0 Å². The van der Waals surface area contributed by atoms with E-state index in [4.69, 9.17) is 19.4 Å². The molecule has 1 unspecified atom stereocenters. The zero-order valence-electron chi connectivity index (χ0n) is 19.3. The molecule has 2 aromatic rings. The van der Waals surface area contributed by atoms with Gasteiger partial charge < -0.3 is 14.6 Å². The number of carboxylic acids is 1. The van der Waals surface area contributed by atoms with Crippen molar-refractivity contribution in [1.29, 1.82) is 0 Å². The Morgan fingerprint density at radius 2 is 1.83 bits per heavy atom. The summed E-state index contributed by atoms with van der Waals surface area (Å²) < 4.78 is 70.9. The molecule has 1 atom stereocenters. The first-order chi connectivity index (χ1) is 16.3. The van der Waals surface area contributed by atoms with Crippen molar-refractivity contribution in [3.8, 4) is 0 Å². The quantitative estimate of drug-likeness (QED) is 0.649. The van der Waals surface area contributed by atoms with Gasteiger partial charge in [-0.2, -0.15) is 17.5 Å². The first-order valence-electron chi connectivity index (χ1n) is 10.9. The van der Waals surface area contributed by atoms with Gasteiger partial charge in [0.05, 0.1) is 28.9 Å². The fourth-order valence-corrected chi connectivity index (χ4v) is 5.44. The minimum Gasteiger partial charge on any atom is -0.475 e. The maximum Gasteiger partial charge on any atom is 0.490 e. The number of aromatic nitrogens is 1. The van der Waals surface area contributed by atoms with E-state index in [9.17, 15) is 21.6 Å². The van der Waals surface area contributed by atoms with Crippen LogP contribution in [0.4, 0.5) is 13.2 Å². The number of sulfonamides is 1. The number of hydrogen-bond acceptors (Lipinski definition) is 6. The second-order valence-corrected chi connectivity index (χ2v) is 10.6. The highest BCUT2D eigenvalue weighted by Crippen LogP contribution is 2.38. The third kappa shape index (κ3) is 7.00. The number of ether oxygens (including phenoxy) is 2. The Kier molecular flexibility index (Phi) is 8.20. The van der Waals surface area contributed by atoms with Crippen LogP contribution >= 0.6 is 0 Å². The Labute approximate surface area is 201 Å². The van der Waals surface area contributed by atoms with Crippen LogP contribution in [-0.2, 0) is 30.9 Å². The summed E-state index contributed by atoms with van der Waals surface area (Å²) in [5.41, 5.74) is 2.50. The lowest BCUT2D eigenvalue weighted by molar-refractivity contribution is -0.192. The molecule has 3 heterocycles. The predicted octanol–water partition coefficient (Wildman–Crippen LogP) is 3.47. The lowest BCUT2D eigenvalue weighted by Crippen LogP contribution is -2.67. The molecular formula is C23H27F3N2O6S. The van der Waals surface area contributed by atoms with Crippen LogP contribution in [0.2, 0.25) is 0 Å². The van der Waals surface area contributed by atoms with E-state index >= 15 is 0 Å². The highest BCUT2D eigenvalue weighted by atomic mass is 32.2. The van der Waals surface area contributed by atoms with Crippen molar-refractivity contribution in [3.05, 3.63) is 59.4 Å². The van der Waals surface area contributed by atoms with Crippen LogP contribution in [0.3, 0.4) is 0 Å². The molecule has 2 fully saturated rings. The molecule has 8 nitrogen and oxygen atoms in total. The van der Waals surface area contributed by atoms with Crippen molar-refractivity contribution in [2.24, 2.45) is 0 Å². The van der Waals surface area contributed by atoms with Crippen molar-refractivity contribution >= 4 is 16.0 Å². The Hall–Kier alpha value is -2.54. The van der Waals surface area contributed by atoms with Crippen molar-refractivity contribution in [1.82, 2.24) is 9.29 Å². The molecule has 35 heavy (non-hydrogen) atoms. The molecule has 2 aliphatic heterocycles. The average Bonchev–Trinajstić information content (AvgIpc) is 2.76. The largest absolute Gasteiger partial charge is 0.490 e. The molecule has 1 N–H and O–H groups in total. The highest BCUT2D eigenvalue weighted by molar-refractivity contribution is 7.89. The summed E-state index contributed by atoms with van der Waals surface area (Å²) >= 11 is 0. The van der Waals surface area contributed by atoms with Crippen LogP contribution in [0, 0.1) is 13.8 Å². The summed E-state index contributed by atoms with van der Waals surface area (Å²) in [4.78, 5) is 13.7. The molecule has 192 valence electrons. The lowest BCUT2D eigenvalue weighted by atomic mass is 9.86. The number of carboxylic acid groups (broad SMARTS) is 1. The van der Waals surface area contributed by atoms with Crippen LogP contribution in [0.25, 0.3) is 0 Å². The third-order valence-electron chi connectivity index (χ3n) is 5.69.